The van der Waals surface area contributed by atoms with Crippen LogP contribution in [0.4, 0.5) is 4.39 Å². The number of hydrogen-bond donors (Lipinski definition) is 1. The number of aliphatic hydroxyl groups excluding tert-OH is 1. The maximum atomic E-state index is 13.3. The predicted octanol–water partition coefficient (Wildman–Crippen LogP) is 2.94. The van der Waals surface area contributed by atoms with Crippen LogP contribution in [0, 0.1) is 12.7 Å². The second-order valence-corrected chi connectivity index (χ2v) is 5.25. The van der Waals surface area contributed by atoms with Gasteiger partial charge in [-0.25, -0.2) is 9.37 Å². The van der Waals surface area contributed by atoms with Gasteiger partial charge in [0.05, 0.1) is 24.3 Å². The third kappa shape index (κ3) is 2.54. The first-order valence-corrected chi connectivity index (χ1v) is 6.60. The Morgan fingerprint density at radius 1 is 1.47 bits per heavy atom. The van der Waals surface area contributed by atoms with Gasteiger partial charge in [-0.2, -0.15) is 0 Å². The molecule has 1 saturated carbocycles. The molecule has 0 aliphatic heterocycles. The van der Waals surface area contributed by atoms with Gasteiger partial charge in [0.25, 0.3) is 0 Å². The molecular weight excluding hydrogens is 243 g/mol. The number of halogens is 1. The topological polar surface area (TPSA) is 38.1 Å². The maximum Gasteiger partial charge on any atom is 0.123 e. The Hall–Kier alpha value is -1.68. The van der Waals surface area contributed by atoms with Gasteiger partial charge in [-0.05, 0) is 43.0 Å². The highest BCUT2D eigenvalue weighted by molar-refractivity contribution is 5.28. The van der Waals surface area contributed by atoms with E-state index in [1.807, 2.05) is 11.5 Å². The summed E-state index contributed by atoms with van der Waals surface area (Å²) < 4.78 is 15.3. The SMILES string of the molecule is Cc1ccc(F)cc1CC(O)c1cncn1C1CC1. The van der Waals surface area contributed by atoms with Gasteiger partial charge in [-0.3, -0.25) is 0 Å². The van der Waals surface area contributed by atoms with Crippen LogP contribution in [0.25, 0.3) is 0 Å². The lowest BCUT2D eigenvalue weighted by atomic mass is 10.0. The molecule has 1 N–H and O–H groups in total. The van der Waals surface area contributed by atoms with Crippen molar-refractivity contribution in [1.82, 2.24) is 9.55 Å². The fraction of sp³-hybridized carbons (Fsp3) is 0.400. The van der Waals surface area contributed by atoms with Crippen LogP contribution in [0.1, 0.15) is 41.8 Å². The largest absolute Gasteiger partial charge is 0.386 e. The predicted molar refractivity (Wildman–Crippen MR) is 70.3 cm³/mol. The Kier molecular flexibility index (Phi) is 3.11. The highest BCUT2D eigenvalue weighted by Gasteiger charge is 2.27. The third-order valence-corrected chi connectivity index (χ3v) is 3.70. The molecular formula is C15H17FN2O. The van der Waals surface area contributed by atoms with E-state index in [4.69, 9.17) is 0 Å². The molecule has 1 aromatic carbocycles. The first-order chi connectivity index (χ1) is 9.15. The van der Waals surface area contributed by atoms with Crippen molar-refractivity contribution in [3.63, 3.8) is 0 Å². The number of aliphatic hydroxyl groups is 1. The van der Waals surface area contributed by atoms with Gasteiger partial charge in [0.2, 0.25) is 0 Å². The van der Waals surface area contributed by atoms with Crippen LogP contribution in [-0.4, -0.2) is 14.7 Å². The van der Waals surface area contributed by atoms with E-state index in [0.717, 1.165) is 29.7 Å². The molecule has 0 radical (unpaired) electrons. The minimum atomic E-state index is -0.636. The van der Waals surface area contributed by atoms with Gasteiger partial charge >= 0.3 is 0 Å². The van der Waals surface area contributed by atoms with E-state index in [1.165, 1.54) is 12.1 Å². The van der Waals surface area contributed by atoms with E-state index in [1.54, 1.807) is 18.6 Å². The minimum Gasteiger partial charge on any atom is -0.386 e. The van der Waals surface area contributed by atoms with E-state index in [2.05, 4.69) is 4.98 Å². The van der Waals surface area contributed by atoms with Crippen molar-refractivity contribution in [2.24, 2.45) is 0 Å². The standard InChI is InChI=1S/C15H17FN2O/c1-10-2-3-12(16)6-11(10)7-15(19)14-8-17-9-18(14)13-4-5-13/h2-3,6,8-9,13,15,19H,4-5,7H2,1H3. The summed E-state index contributed by atoms with van der Waals surface area (Å²) in [4.78, 5) is 4.11. The van der Waals surface area contributed by atoms with Gasteiger partial charge in [0, 0.05) is 12.5 Å². The Bertz CT molecular complexity index is 590. The Morgan fingerprint density at radius 3 is 3.00 bits per heavy atom. The van der Waals surface area contributed by atoms with Crippen molar-refractivity contribution < 1.29 is 9.50 Å². The first-order valence-electron chi connectivity index (χ1n) is 6.60. The zero-order chi connectivity index (χ0) is 13.4. The van der Waals surface area contributed by atoms with Crippen LogP contribution >= 0.6 is 0 Å². The van der Waals surface area contributed by atoms with E-state index in [-0.39, 0.29) is 5.82 Å². The average molecular weight is 260 g/mol. The molecule has 1 fully saturated rings. The van der Waals surface area contributed by atoms with Crippen LogP contribution in [0.3, 0.4) is 0 Å². The molecule has 1 atom stereocenters. The number of imidazole rings is 1. The second kappa shape index (κ2) is 4.78. The summed E-state index contributed by atoms with van der Waals surface area (Å²) in [5.41, 5.74) is 2.67. The fourth-order valence-corrected chi connectivity index (χ4v) is 2.40. The average Bonchev–Trinajstić information content (AvgIpc) is 3.11. The Labute approximate surface area is 111 Å². The summed E-state index contributed by atoms with van der Waals surface area (Å²) in [6, 6.07) is 5.17. The van der Waals surface area contributed by atoms with Gasteiger partial charge in [-0.15, -0.1) is 0 Å². The van der Waals surface area contributed by atoms with E-state index >= 15 is 0 Å². The molecule has 0 bridgehead atoms. The molecule has 1 unspecified atom stereocenters. The third-order valence-electron chi connectivity index (χ3n) is 3.70. The zero-order valence-corrected chi connectivity index (χ0v) is 10.9. The summed E-state index contributed by atoms with van der Waals surface area (Å²) in [6.07, 6.45) is 5.56. The number of aromatic nitrogens is 2. The quantitative estimate of drug-likeness (QED) is 0.917. The lowest BCUT2D eigenvalue weighted by molar-refractivity contribution is 0.168. The van der Waals surface area contributed by atoms with E-state index in [9.17, 15) is 9.50 Å². The lowest BCUT2D eigenvalue weighted by Crippen LogP contribution is -2.09. The van der Waals surface area contributed by atoms with Gasteiger partial charge in [0.15, 0.2) is 0 Å². The molecule has 1 aliphatic rings. The van der Waals surface area contributed by atoms with Crippen molar-refractivity contribution in [2.45, 2.75) is 38.3 Å². The van der Waals surface area contributed by atoms with Crippen molar-refractivity contribution >= 4 is 0 Å². The van der Waals surface area contributed by atoms with Crippen LogP contribution in [0.15, 0.2) is 30.7 Å². The zero-order valence-electron chi connectivity index (χ0n) is 10.9. The summed E-state index contributed by atoms with van der Waals surface area (Å²) in [7, 11) is 0. The molecule has 2 aromatic rings. The monoisotopic (exact) mass is 260 g/mol. The molecule has 0 saturated heterocycles. The first kappa shape index (κ1) is 12.4. The molecule has 0 amide bonds. The molecule has 3 rings (SSSR count). The minimum absolute atomic E-state index is 0.261. The fourth-order valence-electron chi connectivity index (χ4n) is 2.40. The number of benzene rings is 1. The molecule has 100 valence electrons. The van der Waals surface area contributed by atoms with Crippen molar-refractivity contribution in [1.29, 1.82) is 0 Å². The second-order valence-electron chi connectivity index (χ2n) is 5.25. The number of rotatable bonds is 4. The Balaban J connectivity index is 1.82. The summed E-state index contributed by atoms with van der Waals surface area (Å²) in [5, 5.41) is 10.4. The lowest BCUT2D eigenvalue weighted by Gasteiger charge is -2.15. The smallest absolute Gasteiger partial charge is 0.123 e. The number of nitrogens with zero attached hydrogens (tertiary/aromatic N) is 2. The highest BCUT2D eigenvalue weighted by atomic mass is 19.1. The number of aryl methyl sites for hydroxylation is 1. The summed E-state index contributed by atoms with van der Waals surface area (Å²) >= 11 is 0. The highest BCUT2D eigenvalue weighted by Crippen LogP contribution is 2.37. The molecule has 0 spiro atoms. The van der Waals surface area contributed by atoms with E-state index < -0.39 is 6.10 Å². The van der Waals surface area contributed by atoms with Crippen LogP contribution in [0.2, 0.25) is 0 Å². The van der Waals surface area contributed by atoms with Crippen LogP contribution in [-0.2, 0) is 6.42 Å². The molecule has 4 heteroatoms. The Morgan fingerprint density at radius 2 is 2.26 bits per heavy atom. The van der Waals surface area contributed by atoms with Crippen LogP contribution < -0.4 is 0 Å². The summed E-state index contributed by atoms with van der Waals surface area (Å²) in [6.45, 7) is 1.93. The van der Waals surface area contributed by atoms with Crippen molar-refractivity contribution in [2.75, 3.05) is 0 Å². The molecule has 3 nitrogen and oxygen atoms in total. The van der Waals surface area contributed by atoms with Crippen molar-refractivity contribution in [3.8, 4) is 0 Å². The summed E-state index contributed by atoms with van der Waals surface area (Å²) in [5.74, 6) is -0.261. The molecule has 1 heterocycles. The maximum absolute atomic E-state index is 13.3. The molecule has 19 heavy (non-hydrogen) atoms. The molecule has 1 aromatic heterocycles. The van der Waals surface area contributed by atoms with Gasteiger partial charge in [-0.1, -0.05) is 6.07 Å². The number of hydrogen-bond acceptors (Lipinski definition) is 2. The van der Waals surface area contributed by atoms with Gasteiger partial charge < -0.3 is 9.67 Å². The normalized spacial score (nSPS) is 16.6. The van der Waals surface area contributed by atoms with Gasteiger partial charge in [0.1, 0.15) is 5.82 Å². The molecule has 1 aliphatic carbocycles. The van der Waals surface area contributed by atoms with Crippen LogP contribution in [0.5, 0.6) is 0 Å². The van der Waals surface area contributed by atoms with E-state index in [0.29, 0.717) is 12.5 Å². The van der Waals surface area contributed by atoms with Crippen molar-refractivity contribution in [3.05, 3.63) is 53.4 Å².